The fourth-order valence-electron chi connectivity index (χ4n) is 3.35. The van der Waals surface area contributed by atoms with E-state index in [1.807, 2.05) is 4.90 Å². The smallest absolute Gasteiger partial charge is 0.416 e. The van der Waals surface area contributed by atoms with Crippen molar-refractivity contribution in [2.75, 3.05) is 18.4 Å². The number of nitro benzene ring substituents is 1. The Morgan fingerprint density at radius 2 is 2.00 bits per heavy atom. The number of nitrogens with one attached hydrogen (secondary N) is 1. The van der Waals surface area contributed by atoms with Crippen molar-refractivity contribution in [3.05, 3.63) is 33.9 Å². The summed E-state index contributed by atoms with van der Waals surface area (Å²) in [5.41, 5.74) is -1.64. The van der Waals surface area contributed by atoms with Crippen LogP contribution in [0, 0.1) is 16.0 Å². The summed E-state index contributed by atoms with van der Waals surface area (Å²) in [4.78, 5) is 23.3. The van der Waals surface area contributed by atoms with Crippen LogP contribution in [0.2, 0.25) is 0 Å². The molecule has 27 heavy (non-hydrogen) atoms. The molecule has 3 rings (SSSR count). The zero-order valence-electron chi connectivity index (χ0n) is 14.4. The number of hydrogen-bond acceptors (Lipinski definition) is 5. The molecule has 0 atom stereocenters. The van der Waals surface area contributed by atoms with Crippen LogP contribution in [0.4, 0.5) is 24.5 Å². The molecule has 2 N–H and O–H groups in total. The first-order valence-corrected chi connectivity index (χ1v) is 8.71. The van der Waals surface area contributed by atoms with E-state index < -0.39 is 28.3 Å². The molecule has 10 heteroatoms. The fourth-order valence-corrected chi connectivity index (χ4v) is 3.35. The number of nitro groups is 1. The van der Waals surface area contributed by atoms with Crippen molar-refractivity contribution in [1.82, 2.24) is 4.90 Å². The summed E-state index contributed by atoms with van der Waals surface area (Å²) in [5, 5.41) is 23.1. The molecular formula is C17H20F3N3O4. The minimum Gasteiger partial charge on any atom is -0.480 e. The molecule has 1 aromatic rings. The van der Waals surface area contributed by atoms with E-state index in [9.17, 15) is 28.1 Å². The van der Waals surface area contributed by atoms with Crippen LogP contribution in [0.25, 0.3) is 0 Å². The fraction of sp³-hybridized carbons (Fsp3) is 0.588. The zero-order chi connectivity index (χ0) is 19.8. The first kappa shape index (κ1) is 19.4. The van der Waals surface area contributed by atoms with E-state index in [1.165, 1.54) is 0 Å². The van der Waals surface area contributed by atoms with Crippen LogP contribution in [-0.4, -0.2) is 46.1 Å². The van der Waals surface area contributed by atoms with Crippen molar-refractivity contribution in [1.29, 1.82) is 0 Å². The standard InChI is InChI=1S/C17H20F3N3O4/c18-17(19,20)11-3-4-14(15(5-11)23(26)27)21-12-6-13(7-12)22(9-16(24)25)8-10-1-2-10/h3-5,10,12-13,21H,1-2,6-9H2,(H,24,25). The third-order valence-corrected chi connectivity index (χ3v) is 5.04. The minimum absolute atomic E-state index is 0.0448. The van der Waals surface area contributed by atoms with Gasteiger partial charge in [0.1, 0.15) is 5.69 Å². The summed E-state index contributed by atoms with van der Waals surface area (Å²) in [7, 11) is 0. The summed E-state index contributed by atoms with van der Waals surface area (Å²) in [6.07, 6.45) is -1.26. The highest BCUT2D eigenvalue weighted by atomic mass is 19.4. The molecule has 2 saturated carbocycles. The van der Waals surface area contributed by atoms with E-state index in [-0.39, 0.29) is 24.3 Å². The number of alkyl halides is 3. The molecule has 0 bridgehead atoms. The molecule has 0 saturated heterocycles. The van der Waals surface area contributed by atoms with E-state index >= 15 is 0 Å². The molecule has 0 spiro atoms. The summed E-state index contributed by atoms with van der Waals surface area (Å²) < 4.78 is 38.3. The highest BCUT2D eigenvalue weighted by Crippen LogP contribution is 2.38. The molecule has 0 unspecified atom stereocenters. The number of nitrogens with zero attached hydrogens (tertiary/aromatic N) is 2. The third kappa shape index (κ3) is 4.88. The number of carboxylic acid groups (broad SMARTS) is 1. The van der Waals surface area contributed by atoms with Gasteiger partial charge in [0.05, 0.1) is 17.0 Å². The number of hydrogen-bond donors (Lipinski definition) is 2. The van der Waals surface area contributed by atoms with E-state index in [4.69, 9.17) is 5.11 Å². The van der Waals surface area contributed by atoms with Gasteiger partial charge in [-0.25, -0.2) is 0 Å². The summed E-state index contributed by atoms with van der Waals surface area (Å²) in [6, 6.07) is 2.35. The lowest BCUT2D eigenvalue weighted by Gasteiger charge is -2.43. The van der Waals surface area contributed by atoms with E-state index in [2.05, 4.69) is 5.32 Å². The number of halogens is 3. The van der Waals surface area contributed by atoms with Gasteiger partial charge >= 0.3 is 12.1 Å². The predicted octanol–water partition coefficient (Wildman–Crippen LogP) is 3.35. The van der Waals surface area contributed by atoms with Gasteiger partial charge in [0.2, 0.25) is 0 Å². The molecule has 7 nitrogen and oxygen atoms in total. The number of aliphatic carboxylic acids is 1. The van der Waals surface area contributed by atoms with Gasteiger partial charge in [-0.1, -0.05) is 0 Å². The normalized spacial score (nSPS) is 22.4. The quantitative estimate of drug-likeness (QED) is 0.525. The van der Waals surface area contributed by atoms with Crippen molar-refractivity contribution in [2.24, 2.45) is 5.92 Å². The van der Waals surface area contributed by atoms with Crippen LogP contribution < -0.4 is 5.32 Å². The Morgan fingerprint density at radius 3 is 2.52 bits per heavy atom. The number of anilines is 1. The SMILES string of the molecule is O=C(O)CN(CC1CC1)C1CC(Nc2ccc(C(F)(F)F)cc2[N+](=O)[O-])C1. The second-order valence-corrected chi connectivity index (χ2v) is 7.22. The number of benzene rings is 1. The second-order valence-electron chi connectivity index (χ2n) is 7.22. The zero-order valence-corrected chi connectivity index (χ0v) is 14.4. The van der Waals surface area contributed by atoms with Crippen LogP contribution in [0.15, 0.2) is 18.2 Å². The Kier molecular flexibility index (Phi) is 5.27. The Labute approximate surface area is 153 Å². The summed E-state index contributed by atoms with van der Waals surface area (Å²) in [6.45, 7) is 0.679. The lowest BCUT2D eigenvalue weighted by molar-refractivity contribution is -0.384. The molecule has 0 amide bonds. The number of rotatable bonds is 8. The van der Waals surface area contributed by atoms with Gasteiger partial charge in [-0.2, -0.15) is 13.2 Å². The van der Waals surface area contributed by atoms with Gasteiger partial charge in [-0.3, -0.25) is 19.8 Å². The van der Waals surface area contributed by atoms with Crippen molar-refractivity contribution >= 4 is 17.3 Å². The van der Waals surface area contributed by atoms with Crippen molar-refractivity contribution in [3.8, 4) is 0 Å². The van der Waals surface area contributed by atoms with Gasteiger partial charge in [0.15, 0.2) is 0 Å². The van der Waals surface area contributed by atoms with Crippen molar-refractivity contribution in [3.63, 3.8) is 0 Å². The van der Waals surface area contributed by atoms with Crippen LogP contribution in [-0.2, 0) is 11.0 Å². The first-order valence-electron chi connectivity index (χ1n) is 8.71. The van der Waals surface area contributed by atoms with Crippen molar-refractivity contribution < 1.29 is 28.0 Å². The monoisotopic (exact) mass is 387 g/mol. The molecule has 148 valence electrons. The van der Waals surface area contributed by atoms with Crippen LogP contribution in [0.3, 0.4) is 0 Å². The second kappa shape index (κ2) is 7.34. The molecule has 0 heterocycles. The molecule has 0 aliphatic heterocycles. The minimum atomic E-state index is -4.65. The van der Waals surface area contributed by atoms with E-state index in [0.29, 0.717) is 24.8 Å². The Bertz CT molecular complexity index is 731. The van der Waals surface area contributed by atoms with Crippen LogP contribution >= 0.6 is 0 Å². The van der Waals surface area contributed by atoms with E-state index in [1.54, 1.807) is 0 Å². The predicted molar refractivity (Wildman–Crippen MR) is 90.5 cm³/mol. The molecular weight excluding hydrogens is 367 g/mol. The van der Waals surface area contributed by atoms with Gasteiger partial charge in [-0.05, 0) is 43.7 Å². The molecule has 0 aromatic heterocycles. The van der Waals surface area contributed by atoms with Gasteiger partial charge < -0.3 is 10.4 Å². The average molecular weight is 387 g/mol. The Hall–Kier alpha value is -2.36. The molecule has 2 aliphatic carbocycles. The Balaban J connectivity index is 1.63. The molecule has 2 fully saturated rings. The summed E-state index contributed by atoms with van der Waals surface area (Å²) >= 11 is 0. The first-order chi connectivity index (χ1) is 12.6. The number of carboxylic acids is 1. The maximum atomic E-state index is 12.8. The van der Waals surface area contributed by atoms with Gasteiger partial charge in [0, 0.05) is 24.7 Å². The van der Waals surface area contributed by atoms with Gasteiger partial charge in [-0.15, -0.1) is 0 Å². The topological polar surface area (TPSA) is 95.7 Å². The molecule has 1 aromatic carbocycles. The van der Waals surface area contributed by atoms with Gasteiger partial charge in [0.25, 0.3) is 5.69 Å². The highest BCUT2D eigenvalue weighted by Gasteiger charge is 2.38. The lowest BCUT2D eigenvalue weighted by atomic mass is 9.85. The largest absolute Gasteiger partial charge is 0.480 e. The van der Waals surface area contributed by atoms with E-state index in [0.717, 1.165) is 31.5 Å². The van der Waals surface area contributed by atoms with Crippen molar-refractivity contribution in [2.45, 2.75) is 43.9 Å². The Morgan fingerprint density at radius 1 is 1.33 bits per heavy atom. The molecule has 2 aliphatic rings. The molecule has 0 radical (unpaired) electrons. The average Bonchev–Trinajstić information content (AvgIpc) is 3.32. The maximum Gasteiger partial charge on any atom is 0.416 e. The number of carbonyl (C=O) groups is 1. The van der Waals surface area contributed by atoms with Crippen LogP contribution in [0.1, 0.15) is 31.2 Å². The lowest BCUT2D eigenvalue weighted by Crippen LogP contribution is -2.52. The summed E-state index contributed by atoms with van der Waals surface area (Å²) in [5.74, 6) is -0.363. The maximum absolute atomic E-state index is 12.8. The highest BCUT2D eigenvalue weighted by molar-refractivity contribution is 5.69. The van der Waals surface area contributed by atoms with Crippen LogP contribution in [0.5, 0.6) is 0 Å². The third-order valence-electron chi connectivity index (χ3n) is 5.04.